The van der Waals surface area contributed by atoms with E-state index < -0.39 is 0 Å². The molecule has 8 heteroatoms. The SMILES string of the molecule is CCNc1nc(NCCCn2ccnc2)nc(OC)n1. The van der Waals surface area contributed by atoms with Crippen molar-refractivity contribution < 1.29 is 4.74 Å². The van der Waals surface area contributed by atoms with Crippen LogP contribution in [0.4, 0.5) is 11.9 Å². The van der Waals surface area contributed by atoms with Crippen LogP contribution in [-0.4, -0.2) is 44.7 Å². The fourth-order valence-corrected chi connectivity index (χ4v) is 1.64. The summed E-state index contributed by atoms with van der Waals surface area (Å²) in [6, 6.07) is 0.299. The largest absolute Gasteiger partial charge is 0.467 e. The number of hydrogen-bond acceptors (Lipinski definition) is 7. The van der Waals surface area contributed by atoms with E-state index in [-0.39, 0.29) is 0 Å². The first-order valence-electron chi connectivity index (χ1n) is 6.55. The number of imidazole rings is 1. The Balaban J connectivity index is 1.86. The average molecular weight is 277 g/mol. The van der Waals surface area contributed by atoms with E-state index in [0.717, 1.165) is 26.1 Å². The first-order valence-corrected chi connectivity index (χ1v) is 6.55. The Morgan fingerprint density at radius 2 is 2.00 bits per heavy atom. The summed E-state index contributed by atoms with van der Waals surface area (Å²) >= 11 is 0. The van der Waals surface area contributed by atoms with Crippen LogP contribution < -0.4 is 15.4 Å². The van der Waals surface area contributed by atoms with E-state index in [4.69, 9.17) is 4.74 Å². The van der Waals surface area contributed by atoms with Crippen LogP contribution >= 0.6 is 0 Å². The van der Waals surface area contributed by atoms with E-state index in [1.807, 2.05) is 17.7 Å². The number of hydrogen-bond donors (Lipinski definition) is 2. The van der Waals surface area contributed by atoms with E-state index in [1.54, 1.807) is 12.5 Å². The maximum atomic E-state index is 5.05. The highest BCUT2D eigenvalue weighted by atomic mass is 16.5. The fourth-order valence-electron chi connectivity index (χ4n) is 1.64. The first-order chi connectivity index (χ1) is 9.81. The van der Waals surface area contributed by atoms with Gasteiger partial charge in [-0.2, -0.15) is 15.0 Å². The Labute approximate surface area is 117 Å². The number of nitrogens with zero attached hydrogens (tertiary/aromatic N) is 5. The topological polar surface area (TPSA) is 89.8 Å². The summed E-state index contributed by atoms with van der Waals surface area (Å²) in [6.07, 6.45) is 6.46. The lowest BCUT2D eigenvalue weighted by Gasteiger charge is -2.08. The monoisotopic (exact) mass is 277 g/mol. The van der Waals surface area contributed by atoms with Crippen LogP contribution in [0.5, 0.6) is 6.01 Å². The highest BCUT2D eigenvalue weighted by Crippen LogP contribution is 2.10. The van der Waals surface area contributed by atoms with Crippen molar-refractivity contribution in [3.8, 4) is 6.01 Å². The number of rotatable bonds is 8. The van der Waals surface area contributed by atoms with Gasteiger partial charge in [0.2, 0.25) is 11.9 Å². The summed E-state index contributed by atoms with van der Waals surface area (Å²) in [7, 11) is 1.54. The average Bonchev–Trinajstić information content (AvgIpc) is 2.97. The number of aromatic nitrogens is 5. The highest BCUT2D eigenvalue weighted by molar-refractivity contribution is 5.35. The van der Waals surface area contributed by atoms with Gasteiger partial charge in [0.15, 0.2) is 0 Å². The summed E-state index contributed by atoms with van der Waals surface area (Å²) < 4.78 is 7.08. The zero-order valence-corrected chi connectivity index (χ0v) is 11.7. The first kappa shape index (κ1) is 14.0. The predicted molar refractivity (Wildman–Crippen MR) is 75.9 cm³/mol. The molecule has 0 aliphatic heterocycles. The van der Waals surface area contributed by atoms with Crippen LogP contribution in [0.1, 0.15) is 13.3 Å². The summed E-state index contributed by atoms with van der Waals surface area (Å²) in [5.74, 6) is 1.02. The molecule has 2 rings (SSSR count). The third kappa shape index (κ3) is 4.08. The van der Waals surface area contributed by atoms with E-state index in [2.05, 4.69) is 30.6 Å². The summed E-state index contributed by atoms with van der Waals surface area (Å²) in [5.41, 5.74) is 0. The van der Waals surface area contributed by atoms with Gasteiger partial charge in [-0.3, -0.25) is 0 Å². The molecule has 0 aliphatic carbocycles. The Morgan fingerprint density at radius 3 is 2.65 bits per heavy atom. The molecule has 0 aromatic carbocycles. The molecule has 0 saturated heterocycles. The highest BCUT2D eigenvalue weighted by Gasteiger charge is 2.05. The van der Waals surface area contributed by atoms with Gasteiger partial charge < -0.3 is 19.9 Å². The van der Waals surface area contributed by atoms with Gasteiger partial charge in [-0.25, -0.2) is 4.98 Å². The lowest BCUT2D eigenvalue weighted by molar-refractivity contribution is 0.379. The normalized spacial score (nSPS) is 10.3. The van der Waals surface area contributed by atoms with Gasteiger partial charge in [-0.15, -0.1) is 0 Å². The standard InChI is InChI=1S/C12H19N7O/c1-3-14-10-16-11(18-12(17-10)20-2)15-5-4-7-19-8-6-13-9-19/h6,8-9H,3-5,7H2,1-2H3,(H2,14,15,16,17,18). The zero-order chi connectivity index (χ0) is 14.2. The molecule has 2 aromatic rings. The van der Waals surface area contributed by atoms with Gasteiger partial charge >= 0.3 is 6.01 Å². The molecule has 2 N–H and O–H groups in total. The van der Waals surface area contributed by atoms with Crippen molar-refractivity contribution in [1.29, 1.82) is 0 Å². The van der Waals surface area contributed by atoms with Crippen LogP contribution in [0.3, 0.4) is 0 Å². The second-order valence-electron chi connectivity index (χ2n) is 4.08. The lowest BCUT2D eigenvalue weighted by atomic mass is 10.4. The maximum absolute atomic E-state index is 5.05. The minimum Gasteiger partial charge on any atom is -0.467 e. The lowest BCUT2D eigenvalue weighted by Crippen LogP contribution is -2.12. The molecule has 8 nitrogen and oxygen atoms in total. The predicted octanol–water partition coefficient (Wildman–Crippen LogP) is 1.01. The van der Waals surface area contributed by atoms with Crippen molar-refractivity contribution in [1.82, 2.24) is 24.5 Å². The molecule has 0 radical (unpaired) electrons. The van der Waals surface area contributed by atoms with Crippen LogP contribution in [0, 0.1) is 0 Å². The van der Waals surface area contributed by atoms with Crippen molar-refractivity contribution in [2.24, 2.45) is 0 Å². The Hall–Kier alpha value is -2.38. The zero-order valence-electron chi connectivity index (χ0n) is 11.7. The molecular weight excluding hydrogens is 258 g/mol. The molecule has 0 atom stereocenters. The van der Waals surface area contributed by atoms with Crippen LogP contribution in [0.15, 0.2) is 18.7 Å². The number of ether oxygens (including phenoxy) is 1. The molecule has 0 amide bonds. The third-order valence-corrected chi connectivity index (χ3v) is 2.57. The molecule has 0 spiro atoms. The van der Waals surface area contributed by atoms with E-state index in [9.17, 15) is 0 Å². The molecule has 20 heavy (non-hydrogen) atoms. The molecule has 108 valence electrons. The maximum Gasteiger partial charge on any atom is 0.322 e. The number of anilines is 2. The van der Waals surface area contributed by atoms with Crippen LogP contribution in [-0.2, 0) is 6.54 Å². The van der Waals surface area contributed by atoms with Crippen LogP contribution in [0.25, 0.3) is 0 Å². The van der Waals surface area contributed by atoms with Gasteiger partial charge in [0, 0.05) is 32.0 Å². The van der Waals surface area contributed by atoms with Gasteiger partial charge in [-0.05, 0) is 13.3 Å². The van der Waals surface area contributed by atoms with E-state index >= 15 is 0 Å². The van der Waals surface area contributed by atoms with E-state index in [0.29, 0.717) is 17.9 Å². The van der Waals surface area contributed by atoms with Gasteiger partial charge in [-0.1, -0.05) is 0 Å². The molecule has 0 bridgehead atoms. The second kappa shape index (κ2) is 7.27. The summed E-state index contributed by atoms with van der Waals surface area (Å²) in [4.78, 5) is 16.5. The van der Waals surface area contributed by atoms with Crippen LogP contribution in [0.2, 0.25) is 0 Å². The number of methoxy groups -OCH3 is 1. The molecule has 2 aromatic heterocycles. The Bertz CT molecular complexity index is 515. The minimum atomic E-state index is 0.299. The van der Waals surface area contributed by atoms with Gasteiger partial charge in [0.1, 0.15) is 0 Å². The quantitative estimate of drug-likeness (QED) is 0.696. The fraction of sp³-hybridized carbons (Fsp3) is 0.500. The third-order valence-electron chi connectivity index (χ3n) is 2.57. The number of aryl methyl sites for hydroxylation is 1. The van der Waals surface area contributed by atoms with Crippen molar-refractivity contribution >= 4 is 11.9 Å². The molecule has 0 saturated carbocycles. The molecule has 2 heterocycles. The Kier molecular flexibility index (Phi) is 5.10. The smallest absolute Gasteiger partial charge is 0.322 e. The molecular formula is C12H19N7O. The minimum absolute atomic E-state index is 0.299. The van der Waals surface area contributed by atoms with Crippen molar-refractivity contribution in [3.63, 3.8) is 0 Å². The van der Waals surface area contributed by atoms with Crippen molar-refractivity contribution in [2.75, 3.05) is 30.8 Å². The number of nitrogens with one attached hydrogen (secondary N) is 2. The van der Waals surface area contributed by atoms with Crippen molar-refractivity contribution in [3.05, 3.63) is 18.7 Å². The second-order valence-corrected chi connectivity index (χ2v) is 4.08. The summed E-state index contributed by atoms with van der Waals surface area (Å²) in [6.45, 7) is 4.38. The molecule has 0 aliphatic rings. The molecule has 0 fully saturated rings. The van der Waals surface area contributed by atoms with Crippen molar-refractivity contribution in [2.45, 2.75) is 19.9 Å². The van der Waals surface area contributed by atoms with Gasteiger partial charge in [0.05, 0.1) is 13.4 Å². The van der Waals surface area contributed by atoms with E-state index in [1.165, 1.54) is 7.11 Å². The Morgan fingerprint density at radius 1 is 1.20 bits per heavy atom. The van der Waals surface area contributed by atoms with Gasteiger partial charge in [0.25, 0.3) is 0 Å². The summed E-state index contributed by atoms with van der Waals surface area (Å²) in [5, 5.41) is 6.21. The molecule has 0 unspecified atom stereocenters.